The van der Waals surface area contributed by atoms with Crippen molar-refractivity contribution >= 4 is 11.9 Å². The minimum atomic E-state index is -4.39. The van der Waals surface area contributed by atoms with Crippen LogP contribution in [-0.4, -0.2) is 37.5 Å². The Morgan fingerprint density at radius 2 is 1.11 bits per heavy atom. The van der Waals surface area contributed by atoms with Crippen LogP contribution >= 0.6 is 0 Å². The molecule has 0 aromatic carbocycles. The summed E-state index contributed by atoms with van der Waals surface area (Å²) >= 11 is 0. The zero-order chi connectivity index (χ0) is 14.4. The normalized spacial score (nSPS) is 12.6. The third kappa shape index (κ3) is 6.76. The van der Waals surface area contributed by atoms with Crippen molar-refractivity contribution in [1.29, 1.82) is 0 Å². The van der Waals surface area contributed by atoms with Crippen molar-refractivity contribution in [2.75, 3.05) is 13.3 Å². The topological polar surface area (TPSA) is 52.6 Å². The van der Waals surface area contributed by atoms with Crippen LogP contribution in [0.15, 0.2) is 12.2 Å². The number of alkyl halides is 6. The van der Waals surface area contributed by atoms with Crippen LogP contribution in [0, 0.1) is 0 Å². The Hall–Kier alpha value is -1.74. The molecule has 18 heavy (non-hydrogen) atoms. The Labute approximate surface area is 96.1 Å². The van der Waals surface area contributed by atoms with E-state index in [1.54, 1.807) is 0 Å². The van der Waals surface area contributed by atoms with E-state index in [1.807, 2.05) is 0 Å². The molecule has 10 heteroatoms. The Morgan fingerprint density at radius 3 is 1.33 bits per heavy atom. The molecule has 0 radical (unpaired) electrons. The number of carbonyl (C=O) groups excluding carboxylic acids is 2. The zero-order valence-electron chi connectivity index (χ0n) is 8.47. The molecule has 0 unspecified atom stereocenters. The van der Waals surface area contributed by atoms with Crippen molar-refractivity contribution in [3.8, 4) is 0 Å². The molecule has 0 aliphatic rings. The number of ether oxygens (including phenoxy) is 2. The molecule has 0 rings (SSSR count). The molecule has 0 aliphatic heterocycles. The number of hydrogen-bond acceptors (Lipinski definition) is 4. The summed E-state index contributed by atoms with van der Waals surface area (Å²) in [6, 6.07) is 0. The predicted octanol–water partition coefficient (Wildman–Crippen LogP) is 1.75. The minimum Gasteiger partial charge on any atom is -0.396 e. The van der Waals surface area contributed by atoms with Gasteiger partial charge in [0.1, 0.15) is 0 Å². The number of rotatable bonds is 6. The smallest absolute Gasteiger partial charge is 0.396 e. The van der Waals surface area contributed by atoms with E-state index in [9.17, 15) is 35.9 Å². The fraction of sp³-hybridized carbons (Fsp3) is 0.500. The second kappa shape index (κ2) is 6.26. The molecule has 0 amide bonds. The molecule has 0 saturated carbocycles. The van der Waals surface area contributed by atoms with Gasteiger partial charge < -0.3 is 9.47 Å². The highest BCUT2D eigenvalue weighted by Gasteiger charge is 2.34. The summed E-state index contributed by atoms with van der Waals surface area (Å²) in [5.41, 5.74) is 0. The van der Waals surface area contributed by atoms with E-state index in [2.05, 4.69) is 9.47 Å². The largest absolute Gasteiger partial charge is 0.429 e. The van der Waals surface area contributed by atoms with E-state index in [1.165, 1.54) is 0 Å². The van der Waals surface area contributed by atoms with Crippen LogP contribution in [0.3, 0.4) is 0 Å². The first-order valence-electron chi connectivity index (χ1n) is 4.13. The minimum absolute atomic E-state index is 0.000213. The number of esters is 2. The van der Waals surface area contributed by atoms with Gasteiger partial charge in [0.15, 0.2) is 13.3 Å². The van der Waals surface area contributed by atoms with E-state index < -0.39 is 37.5 Å². The van der Waals surface area contributed by atoms with Gasteiger partial charge in [-0.15, -0.1) is 0 Å². The molecule has 0 fully saturated rings. The standard InChI is InChI=1S/C8H6F6O4/c9-3-7(11,12)17-5(15)1-2-6(16)18-8(13,14)4-10/h1-2H,3-4H2/b2-1+. The van der Waals surface area contributed by atoms with Crippen molar-refractivity contribution in [3.63, 3.8) is 0 Å². The van der Waals surface area contributed by atoms with Gasteiger partial charge in [0.2, 0.25) is 0 Å². The van der Waals surface area contributed by atoms with Crippen molar-refractivity contribution in [2.24, 2.45) is 0 Å². The Morgan fingerprint density at radius 1 is 0.833 bits per heavy atom. The van der Waals surface area contributed by atoms with Crippen LogP contribution in [0.1, 0.15) is 0 Å². The quantitative estimate of drug-likeness (QED) is 0.422. The highest BCUT2D eigenvalue weighted by Crippen LogP contribution is 2.17. The summed E-state index contributed by atoms with van der Waals surface area (Å²) in [4.78, 5) is 21.1. The third-order valence-corrected chi connectivity index (χ3v) is 1.17. The van der Waals surface area contributed by atoms with Gasteiger partial charge >= 0.3 is 24.2 Å². The number of carbonyl (C=O) groups is 2. The van der Waals surface area contributed by atoms with Crippen LogP contribution in [-0.2, 0) is 19.1 Å². The predicted molar refractivity (Wildman–Crippen MR) is 43.2 cm³/mol. The van der Waals surface area contributed by atoms with Gasteiger partial charge in [0.25, 0.3) is 0 Å². The van der Waals surface area contributed by atoms with Crippen LogP contribution in [0.4, 0.5) is 26.3 Å². The second-order valence-corrected chi connectivity index (χ2v) is 2.72. The molecule has 0 bridgehead atoms. The van der Waals surface area contributed by atoms with E-state index in [4.69, 9.17) is 0 Å². The second-order valence-electron chi connectivity index (χ2n) is 2.72. The fourth-order valence-corrected chi connectivity index (χ4v) is 0.553. The Kier molecular flexibility index (Phi) is 5.66. The molecule has 0 aromatic heterocycles. The average Bonchev–Trinajstić information content (AvgIpc) is 2.25. The van der Waals surface area contributed by atoms with Crippen LogP contribution in [0.2, 0.25) is 0 Å². The van der Waals surface area contributed by atoms with Crippen molar-refractivity contribution in [1.82, 2.24) is 0 Å². The van der Waals surface area contributed by atoms with Crippen LogP contribution in [0.25, 0.3) is 0 Å². The summed E-state index contributed by atoms with van der Waals surface area (Å²) < 4.78 is 77.9. The molecule has 0 N–H and O–H groups in total. The van der Waals surface area contributed by atoms with Crippen LogP contribution < -0.4 is 0 Å². The lowest BCUT2D eigenvalue weighted by molar-refractivity contribution is -0.236. The van der Waals surface area contributed by atoms with Gasteiger partial charge in [-0.3, -0.25) is 0 Å². The summed E-state index contributed by atoms with van der Waals surface area (Å²) in [6.07, 6.45) is -8.79. The molecule has 0 aliphatic carbocycles. The fourth-order valence-electron chi connectivity index (χ4n) is 0.553. The van der Waals surface area contributed by atoms with Gasteiger partial charge in [-0.25, -0.2) is 18.4 Å². The first kappa shape index (κ1) is 16.3. The maximum atomic E-state index is 12.1. The molecule has 4 nitrogen and oxygen atoms in total. The summed E-state index contributed by atoms with van der Waals surface area (Å²) in [6.45, 7) is -4.59. The van der Waals surface area contributed by atoms with Crippen LogP contribution in [0.5, 0.6) is 0 Å². The lowest BCUT2D eigenvalue weighted by Gasteiger charge is -2.11. The van der Waals surface area contributed by atoms with Crippen molar-refractivity contribution in [3.05, 3.63) is 12.2 Å². The molecule has 0 spiro atoms. The van der Waals surface area contributed by atoms with E-state index in [0.29, 0.717) is 0 Å². The Balaban J connectivity index is 4.32. The van der Waals surface area contributed by atoms with Crippen molar-refractivity contribution in [2.45, 2.75) is 12.2 Å². The highest BCUT2D eigenvalue weighted by atomic mass is 19.3. The van der Waals surface area contributed by atoms with E-state index >= 15 is 0 Å². The molecular formula is C8H6F6O4. The first-order valence-corrected chi connectivity index (χ1v) is 4.13. The summed E-state index contributed by atoms with van der Waals surface area (Å²) in [5, 5.41) is 0. The molecule has 104 valence electrons. The molecule has 0 atom stereocenters. The summed E-state index contributed by atoms with van der Waals surface area (Å²) in [5.74, 6) is -3.73. The Bertz CT molecular complexity index is 308. The lowest BCUT2D eigenvalue weighted by Crippen LogP contribution is -2.27. The average molecular weight is 280 g/mol. The maximum absolute atomic E-state index is 12.1. The molecular weight excluding hydrogens is 274 g/mol. The summed E-state index contributed by atoms with van der Waals surface area (Å²) in [7, 11) is 0. The lowest BCUT2D eigenvalue weighted by atomic mass is 10.5. The van der Waals surface area contributed by atoms with E-state index in [-0.39, 0.29) is 12.2 Å². The van der Waals surface area contributed by atoms with E-state index in [0.717, 1.165) is 0 Å². The van der Waals surface area contributed by atoms with Gasteiger partial charge in [-0.1, -0.05) is 0 Å². The van der Waals surface area contributed by atoms with Crippen molar-refractivity contribution < 1.29 is 45.4 Å². The number of hydrogen-bond donors (Lipinski definition) is 0. The zero-order valence-corrected chi connectivity index (χ0v) is 8.47. The van der Waals surface area contributed by atoms with Gasteiger partial charge in [-0.05, 0) is 0 Å². The molecule has 0 heterocycles. The third-order valence-electron chi connectivity index (χ3n) is 1.17. The molecule has 0 saturated heterocycles. The maximum Gasteiger partial charge on any atom is 0.429 e. The van der Waals surface area contributed by atoms with Gasteiger partial charge in [0.05, 0.1) is 0 Å². The molecule has 0 aromatic rings. The highest BCUT2D eigenvalue weighted by molar-refractivity contribution is 5.91. The van der Waals surface area contributed by atoms with Gasteiger partial charge in [-0.2, -0.15) is 17.6 Å². The first-order chi connectivity index (χ1) is 8.12. The SMILES string of the molecule is O=C(/C=C/C(=O)OC(F)(F)CF)OC(F)(F)CF. The monoisotopic (exact) mass is 280 g/mol. The van der Waals surface area contributed by atoms with Gasteiger partial charge in [0, 0.05) is 12.2 Å². The number of halogens is 6.